The van der Waals surface area contributed by atoms with Crippen molar-refractivity contribution in [1.29, 1.82) is 0 Å². The normalized spacial score (nSPS) is 20.6. The fraction of sp³-hybridized carbons (Fsp3) is 0.438. The lowest BCUT2D eigenvalue weighted by Gasteiger charge is -2.37. The van der Waals surface area contributed by atoms with Gasteiger partial charge in [-0.05, 0) is 72.8 Å². The molecule has 0 spiro atoms. The van der Waals surface area contributed by atoms with Crippen LogP contribution < -0.4 is 25.3 Å². The van der Waals surface area contributed by atoms with Crippen molar-refractivity contribution >= 4 is 11.8 Å². The van der Waals surface area contributed by atoms with E-state index in [0.717, 1.165) is 37.8 Å². The molecule has 0 aromatic heterocycles. The van der Waals surface area contributed by atoms with E-state index in [1.807, 2.05) is 0 Å². The van der Waals surface area contributed by atoms with E-state index in [2.05, 4.69) is 25.5 Å². The van der Waals surface area contributed by atoms with Gasteiger partial charge in [0.15, 0.2) is 17.1 Å². The number of quaternary nitrogens is 1. The number of allylic oxidation sites excluding steroid dienone is 1. The van der Waals surface area contributed by atoms with Crippen molar-refractivity contribution in [2.75, 3.05) is 14.2 Å². The fourth-order valence-electron chi connectivity index (χ4n) is 5.75. The second-order valence-electron chi connectivity index (χ2n) is 12.3. The predicted molar refractivity (Wildman–Crippen MR) is 155 cm³/mol. The van der Waals surface area contributed by atoms with Crippen LogP contribution in [0.4, 0.5) is 17.6 Å². The molecule has 1 fully saturated rings. The lowest BCUT2D eigenvalue weighted by Crippen LogP contribution is -2.86. The van der Waals surface area contributed by atoms with Crippen molar-refractivity contribution in [2.45, 2.75) is 64.8 Å². The van der Waals surface area contributed by atoms with Gasteiger partial charge in [0, 0.05) is 31.5 Å². The molecule has 0 bridgehead atoms. The van der Waals surface area contributed by atoms with E-state index in [-0.39, 0.29) is 34.1 Å². The van der Waals surface area contributed by atoms with Gasteiger partial charge in [0.2, 0.25) is 5.91 Å². The Kier molecular flexibility index (Phi) is 9.62. The van der Waals surface area contributed by atoms with Gasteiger partial charge >= 0.3 is 12.3 Å². The molecule has 1 aliphatic carbocycles. The van der Waals surface area contributed by atoms with Crippen molar-refractivity contribution < 1.29 is 46.7 Å². The number of ether oxygens (including phenoxy) is 3. The SMILES string of the molecule is COc1cc(OC(F)(F)F)ccc1Oc1cc(C2CCC(C(C)(C)C)CC2)cc(F)c1C(=O)[NH2+]C1=CC(C(N)=O)N(C)C=C1. The summed E-state index contributed by atoms with van der Waals surface area (Å²) in [5.74, 6) is -2.43. The van der Waals surface area contributed by atoms with Crippen LogP contribution in [0.3, 0.4) is 0 Å². The average Bonchev–Trinajstić information content (AvgIpc) is 2.93. The highest BCUT2D eigenvalue weighted by Crippen LogP contribution is 2.45. The molecule has 44 heavy (non-hydrogen) atoms. The Labute approximate surface area is 253 Å². The summed E-state index contributed by atoms with van der Waals surface area (Å²) in [5.41, 5.74) is 6.25. The molecule has 238 valence electrons. The summed E-state index contributed by atoms with van der Waals surface area (Å²) in [6, 6.07) is 5.37. The van der Waals surface area contributed by atoms with Gasteiger partial charge in [0.1, 0.15) is 29.1 Å². The second kappa shape index (κ2) is 12.9. The summed E-state index contributed by atoms with van der Waals surface area (Å²) < 4.78 is 69.5. The zero-order valence-corrected chi connectivity index (χ0v) is 25.3. The largest absolute Gasteiger partial charge is 0.573 e. The molecule has 4 rings (SSSR count). The summed E-state index contributed by atoms with van der Waals surface area (Å²) in [6.07, 6.45) is 3.31. The molecule has 4 N–H and O–H groups in total. The van der Waals surface area contributed by atoms with E-state index in [1.165, 1.54) is 30.6 Å². The second-order valence-corrected chi connectivity index (χ2v) is 12.3. The number of nitrogens with two attached hydrogens (primary N) is 2. The molecule has 0 saturated heterocycles. The van der Waals surface area contributed by atoms with Crippen molar-refractivity contribution in [3.05, 3.63) is 71.3 Å². The van der Waals surface area contributed by atoms with Crippen molar-refractivity contribution in [2.24, 2.45) is 17.1 Å². The summed E-state index contributed by atoms with van der Waals surface area (Å²) in [5, 5.41) is 1.18. The highest BCUT2D eigenvalue weighted by atomic mass is 19.4. The summed E-state index contributed by atoms with van der Waals surface area (Å²) in [4.78, 5) is 27.0. The molecule has 2 aromatic rings. The third-order valence-electron chi connectivity index (χ3n) is 8.22. The Balaban J connectivity index is 1.70. The van der Waals surface area contributed by atoms with E-state index in [1.54, 1.807) is 30.3 Å². The quantitative estimate of drug-likeness (QED) is 0.365. The number of alkyl halides is 3. The Hall–Kier alpha value is -4.06. The molecular formula is C32H38F4N3O5+. The third kappa shape index (κ3) is 7.90. The topological polar surface area (TPSA) is 108 Å². The van der Waals surface area contributed by atoms with Gasteiger partial charge in [-0.25, -0.2) is 14.5 Å². The maximum Gasteiger partial charge on any atom is 0.573 e. The maximum absolute atomic E-state index is 15.9. The van der Waals surface area contributed by atoms with Crippen LogP contribution in [0.25, 0.3) is 0 Å². The first-order chi connectivity index (χ1) is 20.6. The van der Waals surface area contributed by atoms with E-state index in [9.17, 15) is 22.8 Å². The number of benzene rings is 2. The van der Waals surface area contributed by atoms with Crippen LogP contribution in [-0.2, 0) is 4.79 Å². The van der Waals surface area contributed by atoms with Crippen LogP contribution in [0.1, 0.15) is 68.3 Å². The molecule has 12 heteroatoms. The maximum atomic E-state index is 15.9. The van der Waals surface area contributed by atoms with Gasteiger partial charge in [0.05, 0.1) is 7.11 Å². The lowest BCUT2D eigenvalue weighted by molar-refractivity contribution is -0.497. The van der Waals surface area contributed by atoms with Gasteiger partial charge < -0.3 is 24.8 Å². The first kappa shape index (κ1) is 32.8. The number of amides is 2. The highest BCUT2D eigenvalue weighted by molar-refractivity contribution is 5.91. The first-order valence-corrected chi connectivity index (χ1v) is 14.3. The number of hydrogen-bond acceptors (Lipinski definition) is 6. The zero-order chi connectivity index (χ0) is 32.4. The van der Waals surface area contributed by atoms with Gasteiger partial charge in [-0.15, -0.1) is 13.2 Å². The van der Waals surface area contributed by atoms with Gasteiger partial charge in [0.25, 0.3) is 0 Å². The van der Waals surface area contributed by atoms with Gasteiger partial charge in [-0.3, -0.25) is 4.79 Å². The zero-order valence-electron chi connectivity index (χ0n) is 25.3. The van der Waals surface area contributed by atoms with Crippen LogP contribution in [0.5, 0.6) is 23.0 Å². The number of rotatable bonds is 8. The van der Waals surface area contributed by atoms with E-state index >= 15 is 4.39 Å². The summed E-state index contributed by atoms with van der Waals surface area (Å²) >= 11 is 0. The minimum absolute atomic E-state index is 0.0267. The molecular weight excluding hydrogens is 582 g/mol. The number of halogens is 4. The molecule has 2 aromatic carbocycles. The smallest absolute Gasteiger partial charge is 0.493 e. The number of hydrogen-bond donors (Lipinski definition) is 2. The summed E-state index contributed by atoms with van der Waals surface area (Å²) in [7, 11) is 2.89. The predicted octanol–water partition coefficient (Wildman–Crippen LogP) is 5.75. The number of primary amides is 2. The molecule has 0 radical (unpaired) electrons. The van der Waals surface area contributed by atoms with Gasteiger partial charge in [-0.1, -0.05) is 20.8 Å². The molecule has 1 aliphatic heterocycles. The van der Waals surface area contributed by atoms with Crippen LogP contribution in [0.2, 0.25) is 0 Å². The lowest BCUT2D eigenvalue weighted by atomic mass is 9.68. The Morgan fingerprint density at radius 1 is 1.00 bits per heavy atom. The van der Waals surface area contributed by atoms with Crippen LogP contribution in [0.15, 0.2) is 54.4 Å². The molecule has 2 amide bonds. The molecule has 1 unspecified atom stereocenters. The summed E-state index contributed by atoms with van der Waals surface area (Å²) in [6.45, 7) is 6.62. The Morgan fingerprint density at radius 3 is 2.27 bits per heavy atom. The number of carbonyl (C=O) groups excluding carboxylic acids is 2. The van der Waals surface area contributed by atoms with Crippen LogP contribution >= 0.6 is 0 Å². The highest BCUT2D eigenvalue weighted by Gasteiger charge is 2.34. The van der Waals surface area contributed by atoms with E-state index in [4.69, 9.17) is 15.2 Å². The van der Waals surface area contributed by atoms with Crippen molar-refractivity contribution in [1.82, 2.24) is 4.90 Å². The van der Waals surface area contributed by atoms with Crippen molar-refractivity contribution in [3.8, 4) is 23.0 Å². The van der Waals surface area contributed by atoms with Crippen LogP contribution in [-0.4, -0.2) is 43.3 Å². The number of likely N-dealkylation sites (N-methyl/N-ethyl adjacent to an activating group) is 1. The monoisotopic (exact) mass is 620 g/mol. The van der Waals surface area contributed by atoms with E-state index < -0.39 is 35.8 Å². The fourth-order valence-corrected chi connectivity index (χ4v) is 5.75. The van der Waals surface area contributed by atoms with E-state index in [0.29, 0.717) is 17.2 Å². The average molecular weight is 621 g/mol. The minimum atomic E-state index is -4.92. The molecule has 1 saturated carbocycles. The first-order valence-electron chi connectivity index (χ1n) is 14.3. The van der Waals surface area contributed by atoms with Crippen molar-refractivity contribution in [3.63, 3.8) is 0 Å². The number of nitrogens with zero attached hydrogens (tertiary/aromatic N) is 1. The third-order valence-corrected chi connectivity index (χ3v) is 8.22. The molecule has 2 aliphatic rings. The molecule has 8 nitrogen and oxygen atoms in total. The molecule has 1 heterocycles. The van der Waals surface area contributed by atoms with Crippen LogP contribution in [0, 0.1) is 17.2 Å². The standard InChI is InChI=1S/C32H37F4N3O5/c1-31(2,3)20-8-6-18(7-9-20)19-14-23(33)28(30(41)38-21-12-13-39(4)24(16-21)29(37)40)27(15-19)43-25-11-10-22(17-26(25)42-5)44-32(34,35)36/h10-18,20,24H,6-9H2,1-5H3,(H2,37,40)(H,38,41)/p+1. The van der Waals surface area contributed by atoms with Gasteiger partial charge in [-0.2, -0.15) is 0 Å². The number of carbonyl (C=O) groups is 2. The molecule has 1 atom stereocenters. The Morgan fingerprint density at radius 2 is 1.68 bits per heavy atom. The Bertz CT molecular complexity index is 1460. The number of methoxy groups -OCH3 is 1. The minimum Gasteiger partial charge on any atom is -0.493 e.